The maximum absolute atomic E-state index is 10.1. The van der Waals surface area contributed by atoms with Gasteiger partial charge in [-0.3, -0.25) is 4.99 Å². The number of nitrogens with zero attached hydrogens (tertiary/aromatic N) is 1. The Morgan fingerprint density at radius 1 is 0.760 bits per heavy atom. The van der Waals surface area contributed by atoms with Gasteiger partial charge in [-0.25, -0.2) is 0 Å². The van der Waals surface area contributed by atoms with Gasteiger partial charge in [-0.2, -0.15) is 0 Å². The van der Waals surface area contributed by atoms with Crippen LogP contribution in [0.5, 0.6) is 5.75 Å². The number of benzene rings is 4. The molecular formula is C21H13Br2NO. The molecule has 122 valence electrons. The minimum Gasteiger partial charge on any atom is -0.507 e. The summed E-state index contributed by atoms with van der Waals surface area (Å²) in [7, 11) is 0. The summed E-state index contributed by atoms with van der Waals surface area (Å²) in [6, 6.07) is 22.3. The van der Waals surface area contributed by atoms with Gasteiger partial charge in [0.1, 0.15) is 5.75 Å². The van der Waals surface area contributed by atoms with Gasteiger partial charge in [-0.15, -0.1) is 0 Å². The van der Waals surface area contributed by atoms with Crippen molar-refractivity contribution in [3.8, 4) is 5.75 Å². The van der Waals surface area contributed by atoms with Gasteiger partial charge in [0, 0.05) is 20.7 Å². The lowest BCUT2D eigenvalue weighted by Gasteiger charge is -2.05. The van der Waals surface area contributed by atoms with Crippen LogP contribution in [-0.2, 0) is 0 Å². The van der Waals surface area contributed by atoms with Crippen LogP contribution in [0.2, 0.25) is 0 Å². The standard InChI is InChI=1S/C21H13Br2NO/c22-17-10-20(23)19(21(25)11-17)12-24-18-6-5-15-7-13-3-1-2-4-14(13)8-16(15)9-18/h1-12,25H. The average Bonchev–Trinajstić information content (AvgIpc) is 2.59. The highest BCUT2D eigenvalue weighted by atomic mass is 79.9. The smallest absolute Gasteiger partial charge is 0.126 e. The van der Waals surface area contributed by atoms with Crippen LogP contribution in [0, 0.1) is 0 Å². The van der Waals surface area contributed by atoms with Gasteiger partial charge in [0.2, 0.25) is 0 Å². The van der Waals surface area contributed by atoms with Crippen LogP contribution in [0.3, 0.4) is 0 Å². The summed E-state index contributed by atoms with van der Waals surface area (Å²) in [5.74, 6) is 0.178. The zero-order chi connectivity index (χ0) is 17.4. The maximum atomic E-state index is 10.1. The van der Waals surface area contributed by atoms with E-state index in [4.69, 9.17) is 0 Å². The van der Waals surface area contributed by atoms with Crippen molar-refractivity contribution < 1.29 is 5.11 Å². The predicted octanol–water partition coefficient (Wildman–Crippen LogP) is 6.97. The van der Waals surface area contributed by atoms with Crippen LogP contribution < -0.4 is 0 Å². The lowest BCUT2D eigenvalue weighted by molar-refractivity contribution is 0.473. The fourth-order valence-electron chi connectivity index (χ4n) is 2.85. The predicted molar refractivity (Wildman–Crippen MR) is 112 cm³/mol. The van der Waals surface area contributed by atoms with Gasteiger partial charge in [0.05, 0.1) is 5.69 Å². The topological polar surface area (TPSA) is 32.6 Å². The second kappa shape index (κ2) is 6.62. The minimum atomic E-state index is 0.178. The molecule has 4 rings (SSSR count). The number of phenols is 1. The van der Waals surface area contributed by atoms with Gasteiger partial charge in [-0.1, -0.05) is 46.3 Å². The van der Waals surface area contributed by atoms with Crippen molar-refractivity contribution in [1.82, 2.24) is 0 Å². The Kier molecular flexibility index (Phi) is 4.32. The molecule has 25 heavy (non-hydrogen) atoms. The van der Waals surface area contributed by atoms with Crippen molar-refractivity contribution >= 4 is 65.3 Å². The Morgan fingerprint density at radius 2 is 1.44 bits per heavy atom. The number of hydrogen-bond donors (Lipinski definition) is 1. The van der Waals surface area contributed by atoms with Crippen LogP contribution in [0.15, 0.2) is 80.7 Å². The molecule has 4 aromatic rings. The van der Waals surface area contributed by atoms with Crippen LogP contribution in [0.25, 0.3) is 21.5 Å². The second-order valence-corrected chi connectivity index (χ2v) is 7.58. The molecule has 0 aliphatic heterocycles. The fourth-order valence-corrected chi connectivity index (χ4v) is 4.15. The molecule has 0 saturated heterocycles. The Bertz CT molecular complexity index is 1110. The summed E-state index contributed by atoms with van der Waals surface area (Å²) in [5, 5.41) is 14.9. The van der Waals surface area contributed by atoms with Crippen molar-refractivity contribution in [2.45, 2.75) is 0 Å². The number of halogens is 2. The van der Waals surface area contributed by atoms with E-state index in [9.17, 15) is 5.11 Å². The maximum Gasteiger partial charge on any atom is 0.126 e. The van der Waals surface area contributed by atoms with Crippen molar-refractivity contribution in [3.05, 3.63) is 81.2 Å². The molecule has 1 N–H and O–H groups in total. The third-order valence-electron chi connectivity index (χ3n) is 4.10. The van der Waals surface area contributed by atoms with Crippen LogP contribution in [-0.4, -0.2) is 11.3 Å². The monoisotopic (exact) mass is 453 g/mol. The summed E-state index contributed by atoms with van der Waals surface area (Å²) in [6.45, 7) is 0. The largest absolute Gasteiger partial charge is 0.507 e. The summed E-state index contributed by atoms with van der Waals surface area (Å²) in [6.07, 6.45) is 1.67. The van der Waals surface area contributed by atoms with Crippen molar-refractivity contribution in [2.75, 3.05) is 0 Å². The first kappa shape index (κ1) is 16.3. The van der Waals surface area contributed by atoms with E-state index >= 15 is 0 Å². The quantitative estimate of drug-likeness (QED) is 0.257. The van der Waals surface area contributed by atoms with E-state index in [1.54, 1.807) is 12.3 Å². The Morgan fingerprint density at radius 3 is 2.16 bits per heavy atom. The third-order valence-corrected chi connectivity index (χ3v) is 5.22. The van der Waals surface area contributed by atoms with Crippen LogP contribution in [0.4, 0.5) is 5.69 Å². The van der Waals surface area contributed by atoms with Gasteiger partial charge >= 0.3 is 0 Å². The van der Waals surface area contributed by atoms with E-state index in [2.05, 4.69) is 79.3 Å². The summed E-state index contributed by atoms with van der Waals surface area (Å²) in [4.78, 5) is 4.53. The van der Waals surface area contributed by atoms with Crippen LogP contribution >= 0.6 is 31.9 Å². The normalized spacial score (nSPS) is 11.6. The van der Waals surface area contributed by atoms with E-state index in [1.165, 1.54) is 16.2 Å². The minimum absolute atomic E-state index is 0.178. The van der Waals surface area contributed by atoms with Gasteiger partial charge in [0.25, 0.3) is 0 Å². The lowest BCUT2D eigenvalue weighted by atomic mass is 10.0. The van der Waals surface area contributed by atoms with Gasteiger partial charge in [-0.05, 0) is 73.9 Å². The molecule has 0 fully saturated rings. The first-order valence-electron chi connectivity index (χ1n) is 7.75. The highest BCUT2D eigenvalue weighted by molar-refractivity contribution is 9.11. The van der Waals surface area contributed by atoms with Gasteiger partial charge < -0.3 is 5.11 Å². The highest BCUT2D eigenvalue weighted by Crippen LogP contribution is 2.30. The molecule has 0 aromatic heterocycles. The Labute approximate surface area is 162 Å². The number of aromatic hydroxyl groups is 1. The van der Waals surface area contributed by atoms with Crippen molar-refractivity contribution in [3.63, 3.8) is 0 Å². The first-order valence-corrected chi connectivity index (χ1v) is 9.33. The summed E-state index contributed by atoms with van der Waals surface area (Å²) < 4.78 is 1.60. The Hall–Kier alpha value is -2.17. The fraction of sp³-hybridized carbons (Fsp3) is 0. The first-order chi connectivity index (χ1) is 12.1. The summed E-state index contributed by atoms with van der Waals surface area (Å²) in [5.41, 5.74) is 1.50. The Balaban J connectivity index is 1.76. The highest BCUT2D eigenvalue weighted by Gasteiger charge is 2.06. The van der Waals surface area contributed by atoms with E-state index in [1.807, 2.05) is 18.2 Å². The van der Waals surface area contributed by atoms with Crippen molar-refractivity contribution in [2.24, 2.45) is 4.99 Å². The van der Waals surface area contributed by atoms with E-state index < -0.39 is 0 Å². The number of fused-ring (bicyclic) bond motifs is 2. The number of rotatable bonds is 2. The average molecular weight is 455 g/mol. The van der Waals surface area contributed by atoms with E-state index in [0.717, 1.165) is 20.0 Å². The van der Waals surface area contributed by atoms with Crippen molar-refractivity contribution in [1.29, 1.82) is 0 Å². The molecule has 0 atom stereocenters. The number of aliphatic imine (C=N–C) groups is 1. The molecule has 0 unspecified atom stereocenters. The number of hydrogen-bond acceptors (Lipinski definition) is 2. The zero-order valence-corrected chi connectivity index (χ0v) is 16.3. The molecule has 0 amide bonds. The molecule has 0 spiro atoms. The molecule has 0 aliphatic rings. The molecule has 0 heterocycles. The van der Waals surface area contributed by atoms with E-state index in [0.29, 0.717) is 5.56 Å². The number of phenolic OH excluding ortho intramolecular Hbond substituents is 1. The van der Waals surface area contributed by atoms with Crippen LogP contribution in [0.1, 0.15) is 5.56 Å². The molecule has 4 aromatic carbocycles. The lowest BCUT2D eigenvalue weighted by Crippen LogP contribution is -1.85. The summed E-state index contributed by atoms with van der Waals surface area (Å²) >= 11 is 6.81. The second-order valence-electron chi connectivity index (χ2n) is 5.81. The van der Waals surface area contributed by atoms with Gasteiger partial charge in [0.15, 0.2) is 0 Å². The molecule has 0 bridgehead atoms. The molecule has 0 radical (unpaired) electrons. The molecular weight excluding hydrogens is 442 g/mol. The van der Waals surface area contributed by atoms with E-state index in [-0.39, 0.29) is 5.75 Å². The molecule has 0 saturated carbocycles. The SMILES string of the molecule is Oc1cc(Br)cc(Br)c1C=Nc1ccc2cc3ccccc3cc2c1. The molecule has 2 nitrogen and oxygen atoms in total. The third kappa shape index (κ3) is 3.32. The molecule has 4 heteroatoms. The zero-order valence-electron chi connectivity index (χ0n) is 13.1. The molecule has 0 aliphatic carbocycles.